The molecule has 1 aromatic heterocycles. The first kappa shape index (κ1) is 19.6. The van der Waals surface area contributed by atoms with Crippen molar-refractivity contribution in [3.63, 3.8) is 0 Å². The predicted octanol–water partition coefficient (Wildman–Crippen LogP) is 1.96. The van der Waals surface area contributed by atoms with Gasteiger partial charge in [-0.2, -0.15) is 5.10 Å². The number of carbonyl (C=O) groups is 3. The molecule has 1 saturated carbocycles. The number of carbonyl (C=O) groups excluding carboxylic acids is 2. The quantitative estimate of drug-likeness (QED) is 0.675. The maximum absolute atomic E-state index is 12.3. The molecule has 2 aromatic rings. The number of amides is 2. The Bertz CT molecular complexity index is 838. The summed E-state index contributed by atoms with van der Waals surface area (Å²) in [4.78, 5) is 35.2. The molecule has 8 nitrogen and oxygen atoms in total. The van der Waals surface area contributed by atoms with Gasteiger partial charge in [-0.15, -0.1) is 0 Å². The fourth-order valence-corrected chi connectivity index (χ4v) is 3.28. The monoisotopic (exact) mass is 384 g/mol. The van der Waals surface area contributed by atoms with Crippen LogP contribution in [0.5, 0.6) is 0 Å². The van der Waals surface area contributed by atoms with Crippen LogP contribution in [-0.2, 0) is 17.9 Å². The van der Waals surface area contributed by atoms with E-state index in [1.807, 2.05) is 0 Å². The predicted molar refractivity (Wildman–Crippen MR) is 102 cm³/mol. The second-order valence-corrected chi connectivity index (χ2v) is 7.01. The lowest BCUT2D eigenvalue weighted by molar-refractivity contribution is -0.122. The first-order chi connectivity index (χ1) is 13.5. The maximum Gasteiger partial charge on any atom is 0.335 e. The van der Waals surface area contributed by atoms with Crippen molar-refractivity contribution in [1.29, 1.82) is 0 Å². The van der Waals surface area contributed by atoms with E-state index in [-0.39, 0.29) is 36.5 Å². The number of aromatic nitrogens is 2. The third-order valence-corrected chi connectivity index (χ3v) is 4.83. The molecule has 1 aliphatic carbocycles. The Morgan fingerprint density at radius 2 is 1.79 bits per heavy atom. The Morgan fingerprint density at radius 1 is 1.07 bits per heavy atom. The van der Waals surface area contributed by atoms with Crippen LogP contribution in [0.3, 0.4) is 0 Å². The van der Waals surface area contributed by atoms with E-state index in [1.165, 1.54) is 29.4 Å². The Labute approximate surface area is 162 Å². The van der Waals surface area contributed by atoms with Gasteiger partial charge in [0.1, 0.15) is 6.54 Å². The van der Waals surface area contributed by atoms with Crippen molar-refractivity contribution in [3.05, 3.63) is 53.3 Å². The van der Waals surface area contributed by atoms with Crippen LogP contribution in [0.2, 0.25) is 0 Å². The first-order valence-electron chi connectivity index (χ1n) is 9.43. The fourth-order valence-electron chi connectivity index (χ4n) is 3.28. The number of hydrogen-bond acceptors (Lipinski definition) is 4. The lowest BCUT2D eigenvalue weighted by Gasteiger charge is -2.22. The molecule has 1 aliphatic rings. The van der Waals surface area contributed by atoms with Crippen molar-refractivity contribution in [3.8, 4) is 0 Å². The number of rotatable bonds is 7. The van der Waals surface area contributed by atoms with Gasteiger partial charge in [0.05, 0.1) is 17.3 Å². The molecule has 0 aliphatic heterocycles. The van der Waals surface area contributed by atoms with E-state index in [0.717, 1.165) is 31.2 Å². The Hall–Kier alpha value is -3.16. The zero-order valence-electron chi connectivity index (χ0n) is 15.6. The average Bonchev–Trinajstić information content (AvgIpc) is 3.15. The minimum Gasteiger partial charge on any atom is -0.478 e. The summed E-state index contributed by atoms with van der Waals surface area (Å²) in [6, 6.07) is 6.54. The summed E-state index contributed by atoms with van der Waals surface area (Å²) in [6.45, 7) is 0.354. The zero-order valence-corrected chi connectivity index (χ0v) is 15.6. The van der Waals surface area contributed by atoms with Crippen LogP contribution in [0, 0.1) is 0 Å². The zero-order chi connectivity index (χ0) is 19.9. The molecule has 0 unspecified atom stereocenters. The van der Waals surface area contributed by atoms with Gasteiger partial charge in [0, 0.05) is 18.8 Å². The van der Waals surface area contributed by atoms with E-state index in [2.05, 4.69) is 15.7 Å². The van der Waals surface area contributed by atoms with Gasteiger partial charge in [-0.05, 0) is 30.5 Å². The number of nitrogens with zero attached hydrogens (tertiary/aromatic N) is 2. The van der Waals surface area contributed by atoms with Crippen LogP contribution in [0.25, 0.3) is 0 Å². The van der Waals surface area contributed by atoms with Crippen LogP contribution < -0.4 is 10.6 Å². The lowest BCUT2D eigenvalue weighted by atomic mass is 9.95. The number of carboxylic acid groups (broad SMARTS) is 1. The highest BCUT2D eigenvalue weighted by Gasteiger charge is 2.16. The summed E-state index contributed by atoms with van der Waals surface area (Å²) in [5.41, 5.74) is 1.35. The standard InChI is InChI=1S/C20H24N4O4/c25-18(23-17-4-2-1-3-5-17)13-24-12-16(11-22-24)19(26)21-10-14-6-8-15(9-7-14)20(27)28/h6-9,11-12,17H,1-5,10,13H2,(H,21,26)(H,23,25)(H,27,28). The summed E-state index contributed by atoms with van der Waals surface area (Å²) >= 11 is 0. The van der Waals surface area contributed by atoms with E-state index in [0.29, 0.717) is 5.56 Å². The van der Waals surface area contributed by atoms with E-state index in [4.69, 9.17) is 5.11 Å². The highest BCUT2D eigenvalue weighted by molar-refractivity contribution is 5.93. The van der Waals surface area contributed by atoms with Crippen molar-refractivity contribution < 1.29 is 19.5 Å². The number of nitrogens with one attached hydrogen (secondary N) is 2. The maximum atomic E-state index is 12.3. The van der Waals surface area contributed by atoms with E-state index in [1.54, 1.807) is 18.3 Å². The summed E-state index contributed by atoms with van der Waals surface area (Å²) in [5.74, 6) is -1.39. The third kappa shape index (κ3) is 5.42. The molecule has 8 heteroatoms. The number of carboxylic acids is 1. The minimum atomic E-state index is -0.990. The average molecular weight is 384 g/mol. The van der Waals surface area contributed by atoms with Gasteiger partial charge in [0.25, 0.3) is 5.91 Å². The van der Waals surface area contributed by atoms with Gasteiger partial charge in [0.15, 0.2) is 0 Å². The van der Waals surface area contributed by atoms with Gasteiger partial charge in [-0.3, -0.25) is 14.3 Å². The molecule has 28 heavy (non-hydrogen) atoms. The van der Waals surface area contributed by atoms with Crippen LogP contribution >= 0.6 is 0 Å². The van der Waals surface area contributed by atoms with Gasteiger partial charge in [-0.25, -0.2) is 4.79 Å². The molecule has 1 aromatic carbocycles. The molecular formula is C20H24N4O4. The number of hydrogen-bond donors (Lipinski definition) is 3. The Morgan fingerprint density at radius 3 is 2.46 bits per heavy atom. The summed E-state index contributed by atoms with van der Waals surface area (Å²) in [6.07, 6.45) is 8.54. The summed E-state index contributed by atoms with van der Waals surface area (Å²) in [7, 11) is 0. The molecule has 0 spiro atoms. The Balaban J connectivity index is 1.47. The normalized spacial score (nSPS) is 14.4. The number of benzene rings is 1. The third-order valence-electron chi connectivity index (χ3n) is 4.83. The van der Waals surface area contributed by atoms with Gasteiger partial charge < -0.3 is 15.7 Å². The van der Waals surface area contributed by atoms with Gasteiger partial charge >= 0.3 is 5.97 Å². The van der Waals surface area contributed by atoms with E-state index in [9.17, 15) is 14.4 Å². The molecule has 0 radical (unpaired) electrons. The van der Waals surface area contributed by atoms with Crippen LogP contribution in [-0.4, -0.2) is 38.7 Å². The van der Waals surface area contributed by atoms with Crippen molar-refractivity contribution >= 4 is 17.8 Å². The van der Waals surface area contributed by atoms with Gasteiger partial charge in [0.2, 0.25) is 5.91 Å². The van der Waals surface area contributed by atoms with Crippen LogP contribution in [0.15, 0.2) is 36.7 Å². The van der Waals surface area contributed by atoms with Crippen molar-refractivity contribution in [2.75, 3.05) is 0 Å². The van der Waals surface area contributed by atoms with Crippen LogP contribution in [0.1, 0.15) is 58.4 Å². The van der Waals surface area contributed by atoms with Gasteiger partial charge in [-0.1, -0.05) is 31.4 Å². The highest BCUT2D eigenvalue weighted by Crippen LogP contribution is 2.17. The molecule has 148 valence electrons. The first-order valence-corrected chi connectivity index (χ1v) is 9.43. The smallest absolute Gasteiger partial charge is 0.335 e. The van der Waals surface area contributed by atoms with E-state index >= 15 is 0 Å². The number of aromatic carboxylic acids is 1. The second kappa shape index (κ2) is 9.16. The molecule has 3 rings (SSSR count). The molecule has 3 N–H and O–H groups in total. The summed E-state index contributed by atoms with van der Waals surface area (Å²) < 4.78 is 1.45. The molecular weight excluding hydrogens is 360 g/mol. The molecule has 2 amide bonds. The van der Waals surface area contributed by atoms with E-state index < -0.39 is 5.97 Å². The van der Waals surface area contributed by atoms with Crippen LogP contribution in [0.4, 0.5) is 0 Å². The molecule has 0 atom stereocenters. The topological polar surface area (TPSA) is 113 Å². The second-order valence-electron chi connectivity index (χ2n) is 7.01. The van der Waals surface area contributed by atoms with Crippen molar-refractivity contribution in [2.24, 2.45) is 0 Å². The highest BCUT2D eigenvalue weighted by atomic mass is 16.4. The molecule has 1 fully saturated rings. The minimum absolute atomic E-state index is 0.0838. The van der Waals surface area contributed by atoms with Crippen molar-refractivity contribution in [1.82, 2.24) is 20.4 Å². The Kier molecular flexibility index (Phi) is 6.41. The SMILES string of the molecule is O=C(Cn1cc(C(=O)NCc2ccc(C(=O)O)cc2)cn1)NC1CCCCC1. The molecule has 0 saturated heterocycles. The largest absolute Gasteiger partial charge is 0.478 e. The molecule has 1 heterocycles. The summed E-state index contributed by atoms with van der Waals surface area (Å²) in [5, 5.41) is 18.8. The van der Waals surface area contributed by atoms with Crippen molar-refractivity contribution in [2.45, 2.75) is 51.2 Å². The molecule has 0 bridgehead atoms. The lowest BCUT2D eigenvalue weighted by Crippen LogP contribution is -2.38. The fraction of sp³-hybridized carbons (Fsp3) is 0.400.